The monoisotopic (exact) mass is 521 g/mol. The van der Waals surface area contributed by atoms with E-state index < -0.39 is 6.61 Å². The van der Waals surface area contributed by atoms with Crippen LogP contribution in [0.15, 0.2) is 55.0 Å². The lowest BCUT2D eigenvalue weighted by Crippen LogP contribution is -2.43. The number of methoxy groups -OCH3 is 1. The number of nitrogens with zero attached hydrogens (tertiary/aromatic N) is 5. The Morgan fingerprint density at radius 2 is 1.89 bits per heavy atom. The average molecular weight is 522 g/mol. The first-order valence-corrected chi connectivity index (χ1v) is 12.5. The third-order valence-electron chi connectivity index (χ3n) is 7.13. The van der Waals surface area contributed by atoms with E-state index >= 15 is 0 Å². The number of ether oxygens (including phenoxy) is 2. The van der Waals surface area contributed by atoms with Crippen molar-refractivity contribution in [3.05, 3.63) is 71.9 Å². The van der Waals surface area contributed by atoms with Crippen molar-refractivity contribution < 1.29 is 23.0 Å². The number of anilines is 1. The summed E-state index contributed by atoms with van der Waals surface area (Å²) < 4.78 is 37.4. The second kappa shape index (κ2) is 10.7. The highest BCUT2D eigenvalue weighted by Crippen LogP contribution is 2.29. The van der Waals surface area contributed by atoms with Gasteiger partial charge in [0.05, 0.1) is 18.7 Å². The Labute approximate surface area is 219 Å². The molecule has 10 heteroatoms. The molecule has 1 aromatic carbocycles. The summed E-state index contributed by atoms with van der Waals surface area (Å²) >= 11 is 0. The van der Waals surface area contributed by atoms with Crippen LogP contribution < -0.4 is 9.64 Å². The number of alkyl halides is 2. The molecule has 0 amide bonds. The number of piperidine rings is 1. The Kier molecular flexibility index (Phi) is 7.22. The smallest absolute Gasteiger partial charge is 0.387 e. The quantitative estimate of drug-likeness (QED) is 0.319. The summed E-state index contributed by atoms with van der Waals surface area (Å²) in [6.07, 6.45) is 6.62. The highest BCUT2D eigenvalue weighted by molar-refractivity contribution is 5.73. The summed E-state index contributed by atoms with van der Waals surface area (Å²) in [6.45, 7) is 2.42. The van der Waals surface area contributed by atoms with E-state index in [-0.39, 0.29) is 23.6 Å². The summed E-state index contributed by atoms with van der Waals surface area (Å²) in [5.74, 6) is 0.648. The molecular weight excluding hydrogens is 492 g/mol. The number of pyridine rings is 1. The van der Waals surface area contributed by atoms with E-state index in [0.717, 1.165) is 28.2 Å². The van der Waals surface area contributed by atoms with Crippen LogP contribution in [-0.2, 0) is 16.0 Å². The maximum absolute atomic E-state index is 12.9. The lowest BCUT2D eigenvalue weighted by atomic mass is 9.87. The van der Waals surface area contributed by atoms with Gasteiger partial charge in [0, 0.05) is 60.5 Å². The van der Waals surface area contributed by atoms with Crippen molar-refractivity contribution in [2.75, 3.05) is 25.1 Å². The Morgan fingerprint density at radius 1 is 1.13 bits per heavy atom. The normalized spacial score (nSPS) is 17.7. The lowest BCUT2D eigenvalue weighted by molar-refractivity contribution is -0.147. The molecule has 0 radical (unpaired) electrons. The zero-order valence-corrected chi connectivity index (χ0v) is 21.5. The number of aryl methyl sites for hydroxylation is 1. The SMILES string of the molecule is COC(=O)[C@H]1CCN(c2ncc(-c3ccc4nc(C)c(Cc5ccccc5OC(F)F)n4c3)cn2)C[C@@H]1C. The summed E-state index contributed by atoms with van der Waals surface area (Å²) in [5, 5.41) is 0. The molecule has 0 aliphatic carbocycles. The molecule has 4 heterocycles. The number of hydrogen-bond acceptors (Lipinski definition) is 7. The van der Waals surface area contributed by atoms with Crippen LogP contribution in [-0.4, -0.2) is 52.1 Å². The van der Waals surface area contributed by atoms with Crippen LogP contribution in [0.1, 0.15) is 30.3 Å². The molecule has 38 heavy (non-hydrogen) atoms. The predicted molar refractivity (Wildman–Crippen MR) is 138 cm³/mol. The maximum Gasteiger partial charge on any atom is 0.387 e. The average Bonchev–Trinajstić information content (AvgIpc) is 3.23. The first-order chi connectivity index (χ1) is 18.3. The molecule has 1 aliphatic rings. The molecule has 4 aromatic rings. The van der Waals surface area contributed by atoms with E-state index in [0.29, 0.717) is 37.4 Å². The predicted octanol–water partition coefficient (Wildman–Crippen LogP) is 4.93. The fourth-order valence-electron chi connectivity index (χ4n) is 5.10. The van der Waals surface area contributed by atoms with Gasteiger partial charge >= 0.3 is 12.6 Å². The van der Waals surface area contributed by atoms with Crippen molar-refractivity contribution in [1.82, 2.24) is 19.4 Å². The van der Waals surface area contributed by atoms with Crippen molar-refractivity contribution in [1.29, 1.82) is 0 Å². The summed E-state index contributed by atoms with van der Waals surface area (Å²) in [5.41, 5.74) is 4.84. The fourth-order valence-corrected chi connectivity index (χ4v) is 5.10. The number of para-hydroxylation sites is 1. The van der Waals surface area contributed by atoms with E-state index in [2.05, 4.69) is 19.9 Å². The number of halogens is 2. The Bertz CT molecular complexity index is 1440. The van der Waals surface area contributed by atoms with Gasteiger partial charge in [0.15, 0.2) is 0 Å². The minimum atomic E-state index is -2.89. The molecule has 198 valence electrons. The topological polar surface area (TPSA) is 81.8 Å². The molecule has 0 spiro atoms. The molecule has 1 fully saturated rings. The number of esters is 1. The van der Waals surface area contributed by atoms with Crippen LogP contribution in [0.5, 0.6) is 5.75 Å². The van der Waals surface area contributed by atoms with Crippen LogP contribution in [0, 0.1) is 18.8 Å². The molecule has 5 rings (SSSR count). The highest BCUT2D eigenvalue weighted by atomic mass is 19.3. The number of fused-ring (bicyclic) bond motifs is 1. The molecule has 8 nitrogen and oxygen atoms in total. The molecule has 0 saturated carbocycles. The van der Waals surface area contributed by atoms with Gasteiger partial charge in [-0.25, -0.2) is 15.0 Å². The van der Waals surface area contributed by atoms with Gasteiger partial charge < -0.3 is 18.8 Å². The number of aromatic nitrogens is 4. The Balaban J connectivity index is 1.38. The summed E-state index contributed by atoms with van der Waals surface area (Å²) in [4.78, 5) is 27.9. The van der Waals surface area contributed by atoms with Gasteiger partial charge in [0.1, 0.15) is 11.4 Å². The number of imidazole rings is 1. The number of carbonyl (C=O) groups excluding carboxylic acids is 1. The minimum Gasteiger partial charge on any atom is -0.469 e. The highest BCUT2D eigenvalue weighted by Gasteiger charge is 2.32. The van der Waals surface area contributed by atoms with E-state index in [9.17, 15) is 13.6 Å². The van der Waals surface area contributed by atoms with Gasteiger partial charge in [-0.2, -0.15) is 8.78 Å². The standard InChI is InChI=1S/C28H29F2N5O3/c1-17-15-34(11-10-22(17)26(36)37-3)28-31-13-21(14-32-28)20-8-9-25-33-18(2)23(35(25)16-20)12-19-6-4-5-7-24(19)38-27(29)30/h4-9,13-14,16-17,22,27H,10-12,15H2,1-3H3/t17-,22-/m0/s1. The molecule has 1 saturated heterocycles. The summed E-state index contributed by atoms with van der Waals surface area (Å²) in [7, 11) is 1.43. The molecule has 0 unspecified atom stereocenters. The molecule has 0 N–H and O–H groups in total. The van der Waals surface area contributed by atoms with Crippen molar-refractivity contribution in [3.8, 4) is 16.9 Å². The van der Waals surface area contributed by atoms with Crippen molar-refractivity contribution >= 4 is 17.6 Å². The van der Waals surface area contributed by atoms with E-state index in [4.69, 9.17) is 9.47 Å². The van der Waals surface area contributed by atoms with Crippen molar-refractivity contribution in [2.24, 2.45) is 11.8 Å². The van der Waals surface area contributed by atoms with E-state index in [1.807, 2.05) is 36.6 Å². The third kappa shape index (κ3) is 5.16. The lowest BCUT2D eigenvalue weighted by Gasteiger charge is -2.35. The molecule has 1 aliphatic heterocycles. The second-order valence-electron chi connectivity index (χ2n) is 9.57. The van der Waals surface area contributed by atoms with Crippen LogP contribution in [0.3, 0.4) is 0 Å². The van der Waals surface area contributed by atoms with Gasteiger partial charge in [-0.3, -0.25) is 4.79 Å². The number of rotatable bonds is 7. The Morgan fingerprint density at radius 3 is 2.61 bits per heavy atom. The number of carbonyl (C=O) groups is 1. The first kappa shape index (κ1) is 25.6. The van der Waals surface area contributed by atoms with Gasteiger partial charge in [0.25, 0.3) is 0 Å². The Hall–Kier alpha value is -4.08. The summed E-state index contributed by atoms with van der Waals surface area (Å²) in [6, 6.07) is 10.7. The number of benzene rings is 1. The van der Waals surface area contributed by atoms with Crippen LogP contribution >= 0.6 is 0 Å². The van der Waals surface area contributed by atoms with Crippen molar-refractivity contribution in [2.45, 2.75) is 33.3 Å². The number of hydrogen-bond donors (Lipinski definition) is 0. The molecule has 3 aromatic heterocycles. The van der Waals surface area contributed by atoms with Crippen LogP contribution in [0.2, 0.25) is 0 Å². The van der Waals surface area contributed by atoms with Crippen molar-refractivity contribution in [3.63, 3.8) is 0 Å². The molecule has 0 bridgehead atoms. The molecule has 2 atom stereocenters. The zero-order valence-electron chi connectivity index (χ0n) is 21.5. The maximum atomic E-state index is 12.9. The van der Waals surface area contributed by atoms with Gasteiger partial charge in [-0.15, -0.1) is 0 Å². The van der Waals surface area contributed by atoms with Gasteiger partial charge in [0.2, 0.25) is 5.95 Å². The minimum absolute atomic E-state index is 0.107. The van der Waals surface area contributed by atoms with Gasteiger partial charge in [-0.1, -0.05) is 25.1 Å². The zero-order chi connectivity index (χ0) is 26.8. The van der Waals surface area contributed by atoms with E-state index in [1.165, 1.54) is 7.11 Å². The largest absolute Gasteiger partial charge is 0.469 e. The van der Waals surface area contributed by atoms with Gasteiger partial charge in [-0.05, 0) is 37.5 Å². The fraction of sp³-hybridized carbons (Fsp3) is 0.357. The van der Waals surface area contributed by atoms with E-state index in [1.54, 1.807) is 36.7 Å². The third-order valence-corrected chi connectivity index (χ3v) is 7.13. The first-order valence-electron chi connectivity index (χ1n) is 12.5. The van der Waals surface area contributed by atoms with Crippen LogP contribution in [0.4, 0.5) is 14.7 Å². The molecular formula is C28H29F2N5O3. The van der Waals surface area contributed by atoms with Crippen LogP contribution in [0.25, 0.3) is 16.8 Å². The second-order valence-corrected chi connectivity index (χ2v) is 9.57.